The minimum atomic E-state index is -2.73. The lowest BCUT2D eigenvalue weighted by Gasteiger charge is -2.26. The first kappa shape index (κ1) is 22.5. The summed E-state index contributed by atoms with van der Waals surface area (Å²) in [6.07, 6.45) is 2.98. The predicted molar refractivity (Wildman–Crippen MR) is 122 cm³/mol. The van der Waals surface area contributed by atoms with Crippen LogP contribution in [0, 0.1) is 0 Å². The van der Waals surface area contributed by atoms with Crippen molar-refractivity contribution in [3.63, 3.8) is 0 Å². The molecule has 0 aliphatic carbocycles. The van der Waals surface area contributed by atoms with Gasteiger partial charge in [-0.3, -0.25) is 0 Å². The van der Waals surface area contributed by atoms with Crippen LogP contribution in [0.25, 0.3) is 0 Å². The van der Waals surface area contributed by atoms with Crippen molar-refractivity contribution in [3.8, 4) is 17.2 Å². The van der Waals surface area contributed by atoms with E-state index in [0.717, 1.165) is 36.3 Å². The largest absolute Gasteiger partial charge is 0.457 e. The van der Waals surface area contributed by atoms with E-state index in [2.05, 4.69) is 26.0 Å². The Morgan fingerprint density at radius 1 is 0.800 bits per heavy atom. The molecule has 0 bridgehead atoms. The van der Waals surface area contributed by atoms with Crippen LogP contribution in [0.2, 0.25) is 0 Å². The van der Waals surface area contributed by atoms with Crippen LogP contribution in [0.4, 0.5) is 4.39 Å². The molecule has 0 heterocycles. The Morgan fingerprint density at radius 3 is 2.13 bits per heavy atom. The third kappa shape index (κ3) is 6.93. The van der Waals surface area contributed by atoms with Gasteiger partial charge in [-0.25, -0.2) is 0 Å². The molecule has 3 aromatic carbocycles. The molecule has 3 rings (SSSR count). The predicted octanol–water partition coefficient (Wildman–Crippen LogP) is 8.22. The van der Waals surface area contributed by atoms with Crippen LogP contribution in [0.1, 0.15) is 37.8 Å². The highest BCUT2D eigenvalue weighted by Crippen LogP contribution is 2.33. The maximum atomic E-state index is 13.2. The Hall–Kier alpha value is -2.23. The zero-order valence-corrected chi connectivity index (χ0v) is 18.6. The number of benzene rings is 3. The number of hydrogen-bond donors (Lipinski definition) is 0. The van der Waals surface area contributed by atoms with Gasteiger partial charge >= 0.3 is 4.77 Å². The minimum absolute atomic E-state index is 0.0363. The maximum absolute atomic E-state index is 13.2. The molecular formula is C25H25Cl2FO2. The number of halogens is 3. The number of aryl methyl sites for hydroxylation is 1. The minimum Gasteiger partial charge on any atom is -0.457 e. The number of hydrogen-bond acceptors (Lipinski definition) is 2. The second kappa shape index (κ2) is 9.72. The monoisotopic (exact) mass is 446 g/mol. The molecule has 2 nitrogen and oxygen atoms in total. The lowest BCUT2D eigenvalue weighted by Crippen LogP contribution is -2.18. The molecule has 158 valence electrons. The van der Waals surface area contributed by atoms with Crippen molar-refractivity contribution in [1.82, 2.24) is 0 Å². The first-order valence-electron chi connectivity index (χ1n) is 9.89. The number of alkyl halides is 3. The SMILES string of the molecule is CC(C)(CCCc1cccc(Oc2ccccc2)c1)c1ccc(OC(F)(Cl)Cl)cc1. The van der Waals surface area contributed by atoms with E-state index in [1.165, 1.54) is 5.56 Å². The van der Waals surface area contributed by atoms with E-state index in [0.29, 0.717) is 0 Å². The Kier molecular flexibility index (Phi) is 7.27. The van der Waals surface area contributed by atoms with Crippen molar-refractivity contribution in [2.24, 2.45) is 0 Å². The third-order valence-corrected chi connectivity index (χ3v) is 5.17. The molecule has 0 atom stereocenters. The molecule has 0 aromatic heterocycles. The van der Waals surface area contributed by atoms with E-state index < -0.39 is 4.77 Å². The van der Waals surface area contributed by atoms with E-state index in [9.17, 15) is 4.39 Å². The summed E-state index contributed by atoms with van der Waals surface area (Å²) in [4.78, 5) is 0. The lowest BCUT2D eigenvalue weighted by molar-refractivity contribution is 0.103. The fourth-order valence-electron chi connectivity index (χ4n) is 3.38. The molecule has 0 radical (unpaired) electrons. The molecule has 0 aliphatic heterocycles. The van der Waals surface area contributed by atoms with Crippen LogP contribution in [-0.2, 0) is 11.8 Å². The van der Waals surface area contributed by atoms with Gasteiger partial charge in [0.25, 0.3) is 0 Å². The van der Waals surface area contributed by atoms with E-state index in [4.69, 9.17) is 32.7 Å². The number of para-hydroxylation sites is 1. The first-order valence-corrected chi connectivity index (χ1v) is 10.6. The Morgan fingerprint density at radius 2 is 1.47 bits per heavy atom. The summed E-state index contributed by atoms with van der Waals surface area (Å²) in [5.41, 5.74) is 2.35. The normalized spacial score (nSPS) is 11.9. The van der Waals surface area contributed by atoms with Gasteiger partial charge in [0.1, 0.15) is 17.2 Å². The Balaban J connectivity index is 1.55. The van der Waals surface area contributed by atoms with Gasteiger partial charge in [-0.1, -0.05) is 56.3 Å². The van der Waals surface area contributed by atoms with E-state index in [1.54, 1.807) is 12.1 Å². The van der Waals surface area contributed by atoms with Crippen molar-refractivity contribution < 1.29 is 13.9 Å². The number of ether oxygens (including phenoxy) is 2. The molecule has 0 saturated heterocycles. The Bertz CT molecular complexity index is 935. The van der Waals surface area contributed by atoms with Gasteiger partial charge in [-0.05, 0) is 95.4 Å². The van der Waals surface area contributed by atoms with E-state index >= 15 is 0 Å². The van der Waals surface area contributed by atoms with Crippen molar-refractivity contribution in [2.75, 3.05) is 0 Å². The smallest absolute Gasteiger partial charge is 0.410 e. The van der Waals surface area contributed by atoms with Crippen LogP contribution in [0.5, 0.6) is 17.2 Å². The maximum Gasteiger partial charge on any atom is 0.410 e. The molecule has 0 spiro atoms. The van der Waals surface area contributed by atoms with Gasteiger partial charge in [-0.2, -0.15) is 4.39 Å². The quantitative estimate of drug-likeness (QED) is 0.308. The highest BCUT2D eigenvalue weighted by atomic mass is 35.5. The molecule has 0 aliphatic rings. The van der Waals surface area contributed by atoms with Gasteiger partial charge < -0.3 is 9.47 Å². The van der Waals surface area contributed by atoms with E-state index in [1.807, 2.05) is 54.6 Å². The van der Waals surface area contributed by atoms with E-state index in [-0.39, 0.29) is 11.2 Å². The molecule has 30 heavy (non-hydrogen) atoms. The van der Waals surface area contributed by atoms with Crippen molar-refractivity contribution in [1.29, 1.82) is 0 Å². The highest BCUT2D eigenvalue weighted by molar-refractivity contribution is 6.46. The van der Waals surface area contributed by atoms with Gasteiger partial charge in [-0.15, -0.1) is 0 Å². The molecule has 0 fully saturated rings. The molecule has 3 aromatic rings. The van der Waals surface area contributed by atoms with Gasteiger partial charge in [0.05, 0.1) is 0 Å². The van der Waals surface area contributed by atoms with Crippen LogP contribution in [-0.4, -0.2) is 4.77 Å². The second-order valence-electron chi connectivity index (χ2n) is 7.87. The topological polar surface area (TPSA) is 18.5 Å². The highest BCUT2D eigenvalue weighted by Gasteiger charge is 2.25. The van der Waals surface area contributed by atoms with Crippen molar-refractivity contribution in [2.45, 2.75) is 43.3 Å². The summed E-state index contributed by atoms with van der Waals surface area (Å²) in [5.74, 6) is 1.96. The summed E-state index contributed by atoms with van der Waals surface area (Å²) in [5, 5.41) is 0. The molecular weight excluding hydrogens is 422 g/mol. The summed E-state index contributed by atoms with van der Waals surface area (Å²) >= 11 is 10.5. The summed E-state index contributed by atoms with van der Waals surface area (Å²) < 4.78 is 21.2. The summed E-state index contributed by atoms with van der Waals surface area (Å²) in [7, 11) is 0. The summed E-state index contributed by atoms with van der Waals surface area (Å²) in [6, 6.07) is 25.2. The van der Waals surface area contributed by atoms with Crippen LogP contribution >= 0.6 is 23.2 Å². The lowest BCUT2D eigenvalue weighted by atomic mass is 9.80. The molecule has 0 amide bonds. The average Bonchev–Trinajstić information content (AvgIpc) is 2.68. The molecule has 5 heteroatoms. The number of rotatable bonds is 9. The summed E-state index contributed by atoms with van der Waals surface area (Å²) in [6.45, 7) is 4.39. The van der Waals surface area contributed by atoms with Gasteiger partial charge in [0.15, 0.2) is 0 Å². The third-order valence-electron chi connectivity index (χ3n) is 5.01. The molecule has 0 saturated carbocycles. The van der Waals surface area contributed by atoms with Crippen LogP contribution in [0.15, 0.2) is 78.9 Å². The molecule has 0 N–H and O–H groups in total. The zero-order valence-electron chi connectivity index (χ0n) is 17.1. The fraction of sp³-hybridized carbons (Fsp3) is 0.280. The van der Waals surface area contributed by atoms with Gasteiger partial charge in [0, 0.05) is 0 Å². The van der Waals surface area contributed by atoms with Gasteiger partial charge in [0.2, 0.25) is 0 Å². The van der Waals surface area contributed by atoms with Crippen molar-refractivity contribution in [3.05, 3.63) is 90.0 Å². The standard InChI is InChI=1S/C25H25Cl2FO2/c1-24(2,20-13-15-22(16-14-20)30-25(26,27)28)17-7-9-19-8-6-12-23(18-19)29-21-10-4-3-5-11-21/h3-6,8,10-16,18H,7,9,17H2,1-2H3. The fourth-order valence-corrected chi connectivity index (χ4v) is 3.55. The molecule has 0 unspecified atom stereocenters. The first-order chi connectivity index (χ1) is 14.2. The van der Waals surface area contributed by atoms with Crippen LogP contribution in [0.3, 0.4) is 0 Å². The van der Waals surface area contributed by atoms with Crippen molar-refractivity contribution >= 4 is 23.2 Å². The Labute approximate surface area is 187 Å². The van der Waals surface area contributed by atoms with Crippen LogP contribution < -0.4 is 9.47 Å². The zero-order chi connectivity index (χ0) is 21.6. The average molecular weight is 447 g/mol. The second-order valence-corrected chi connectivity index (χ2v) is 9.04.